The van der Waals surface area contributed by atoms with Crippen molar-refractivity contribution in [3.05, 3.63) is 53.1 Å². The van der Waals surface area contributed by atoms with Crippen molar-refractivity contribution in [3.63, 3.8) is 0 Å². The Morgan fingerprint density at radius 3 is 2.58 bits per heavy atom. The van der Waals surface area contributed by atoms with Crippen LogP contribution >= 0.6 is 11.6 Å². The fraction of sp³-hybridized carbons (Fsp3) is 0.300. The molecule has 0 spiro atoms. The smallest absolute Gasteiger partial charge is 0.255 e. The predicted molar refractivity (Wildman–Crippen MR) is 105 cm³/mol. The molecule has 6 heteroatoms. The number of amides is 2. The summed E-state index contributed by atoms with van der Waals surface area (Å²) < 4.78 is 5.61. The van der Waals surface area contributed by atoms with E-state index in [1.54, 1.807) is 42.5 Å². The normalized spacial score (nSPS) is 10.5. The van der Waals surface area contributed by atoms with Crippen molar-refractivity contribution in [2.45, 2.75) is 39.7 Å². The van der Waals surface area contributed by atoms with E-state index in [1.165, 1.54) is 0 Å². The fourth-order valence-corrected chi connectivity index (χ4v) is 2.49. The first-order chi connectivity index (χ1) is 12.4. The Morgan fingerprint density at radius 1 is 1.12 bits per heavy atom. The van der Waals surface area contributed by atoms with Crippen LogP contribution in [-0.2, 0) is 4.79 Å². The molecule has 0 aromatic heterocycles. The first kappa shape index (κ1) is 19.8. The highest BCUT2D eigenvalue weighted by molar-refractivity contribution is 6.34. The summed E-state index contributed by atoms with van der Waals surface area (Å²) in [6.07, 6.45) is 1.22. The van der Waals surface area contributed by atoms with Gasteiger partial charge in [-0.25, -0.2) is 0 Å². The molecule has 2 amide bonds. The molecular formula is C20H23ClN2O3. The Labute approximate surface area is 158 Å². The summed E-state index contributed by atoms with van der Waals surface area (Å²) in [5.41, 5.74) is 1.47. The van der Waals surface area contributed by atoms with Gasteiger partial charge in [0.05, 0.1) is 16.8 Å². The van der Waals surface area contributed by atoms with Crippen molar-refractivity contribution in [1.29, 1.82) is 0 Å². The molecule has 2 rings (SSSR count). The molecule has 0 fully saturated rings. The van der Waals surface area contributed by atoms with Crippen LogP contribution in [0.25, 0.3) is 0 Å². The average Bonchev–Trinajstić information content (AvgIpc) is 2.57. The van der Waals surface area contributed by atoms with E-state index in [9.17, 15) is 9.59 Å². The summed E-state index contributed by atoms with van der Waals surface area (Å²) in [4.78, 5) is 24.3. The monoisotopic (exact) mass is 374 g/mol. The molecule has 0 aliphatic carbocycles. The van der Waals surface area contributed by atoms with Crippen molar-refractivity contribution >= 4 is 34.8 Å². The molecule has 0 heterocycles. The van der Waals surface area contributed by atoms with Crippen LogP contribution in [-0.4, -0.2) is 17.9 Å². The topological polar surface area (TPSA) is 67.4 Å². The van der Waals surface area contributed by atoms with Crippen molar-refractivity contribution in [2.24, 2.45) is 0 Å². The van der Waals surface area contributed by atoms with Gasteiger partial charge in [0.1, 0.15) is 5.75 Å². The highest BCUT2D eigenvalue weighted by atomic mass is 35.5. The van der Waals surface area contributed by atoms with E-state index >= 15 is 0 Å². The third-order valence-corrected chi connectivity index (χ3v) is 3.77. The van der Waals surface area contributed by atoms with Gasteiger partial charge in [0.15, 0.2) is 0 Å². The van der Waals surface area contributed by atoms with Gasteiger partial charge in [-0.1, -0.05) is 24.6 Å². The molecule has 0 unspecified atom stereocenters. The average molecular weight is 375 g/mol. The van der Waals surface area contributed by atoms with Crippen LogP contribution in [0.3, 0.4) is 0 Å². The van der Waals surface area contributed by atoms with E-state index in [1.807, 2.05) is 20.8 Å². The van der Waals surface area contributed by atoms with E-state index in [4.69, 9.17) is 16.3 Å². The zero-order chi connectivity index (χ0) is 19.1. The van der Waals surface area contributed by atoms with E-state index in [0.717, 1.165) is 6.42 Å². The number of halogens is 1. The number of nitrogens with one attached hydrogen (secondary N) is 2. The second-order valence-electron chi connectivity index (χ2n) is 6.14. The summed E-state index contributed by atoms with van der Waals surface area (Å²) in [5.74, 6) is 0.239. The van der Waals surface area contributed by atoms with Gasteiger partial charge in [-0.05, 0) is 56.7 Å². The molecule has 138 valence electrons. The zero-order valence-corrected chi connectivity index (χ0v) is 15.9. The largest absolute Gasteiger partial charge is 0.491 e. The Morgan fingerprint density at radius 2 is 1.88 bits per heavy atom. The Bertz CT molecular complexity index is 790. The van der Waals surface area contributed by atoms with Crippen LogP contribution in [0.4, 0.5) is 11.4 Å². The minimum absolute atomic E-state index is 0.0196. The molecule has 26 heavy (non-hydrogen) atoms. The van der Waals surface area contributed by atoms with Gasteiger partial charge in [0.2, 0.25) is 5.91 Å². The second-order valence-corrected chi connectivity index (χ2v) is 6.55. The number of carbonyl (C=O) groups is 2. The third-order valence-electron chi connectivity index (χ3n) is 3.44. The van der Waals surface area contributed by atoms with Crippen molar-refractivity contribution < 1.29 is 14.3 Å². The Balaban J connectivity index is 2.14. The lowest BCUT2D eigenvalue weighted by Gasteiger charge is -2.12. The van der Waals surface area contributed by atoms with Gasteiger partial charge in [0, 0.05) is 17.7 Å². The summed E-state index contributed by atoms with van der Waals surface area (Å²) >= 11 is 6.17. The van der Waals surface area contributed by atoms with Crippen LogP contribution in [0.1, 0.15) is 44.0 Å². The van der Waals surface area contributed by atoms with Gasteiger partial charge in [0.25, 0.3) is 5.91 Å². The maximum absolute atomic E-state index is 12.5. The maximum atomic E-state index is 12.5. The lowest BCUT2D eigenvalue weighted by Crippen LogP contribution is -2.14. The SMILES string of the molecule is CCCC(=O)Nc1ccc(Cl)c(NC(=O)c2cccc(OC(C)C)c2)c1. The molecule has 0 aliphatic rings. The second kappa shape index (κ2) is 9.25. The number of carbonyl (C=O) groups excluding carboxylic acids is 2. The lowest BCUT2D eigenvalue weighted by atomic mass is 10.2. The molecule has 2 aromatic carbocycles. The van der Waals surface area contributed by atoms with Gasteiger partial charge >= 0.3 is 0 Å². The molecule has 0 saturated heterocycles. The number of ether oxygens (including phenoxy) is 1. The number of benzene rings is 2. The molecule has 2 aromatic rings. The standard InChI is InChI=1S/C20H23ClN2O3/c1-4-6-19(24)22-15-9-10-17(21)18(12-15)23-20(25)14-7-5-8-16(11-14)26-13(2)3/h5,7-13H,4,6H2,1-3H3,(H,22,24)(H,23,25). The molecule has 0 saturated carbocycles. The lowest BCUT2D eigenvalue weighted by molar-refractivity contribution is -0.116. The van der Waals surface area contributed by atoms with E-state index in [-0.39, 0.29) is 17.9 Å². The van der Waals surface area contributed by atoms with Crippen molar-refractivity contribution in [2.75, 3.05) is 10.6 Å². The summed E-state index contributed by atoms with van der Waals surface area (Å²) in [6.45, 7) is 5.78. The molecular weight excluding hydrogens is 352 g/mol. The van der Waals surface area contributed by atoms with Crippen LogP contribution in [0.15, 0.2) is 42.5 Å². The number of anilines is 2. The fourth-order valence-electron chi connectivity index (χ4n) is 2.33. The van der Waals surface area contributed by atoms with Gasteiger partial charge < -0.3 is 15.4 Å². The van der Waals surface area contributed by atoms with Crippen LogP contribution in [0.2, 0.25) is 5.02 Å². The quantitative estimate of drug-likeness (QED) is 0.706. The number of rotatable bonds is 7. The zero-order valence-electron chi connectivity index (χ0n) is 15.1. The molecule has 2 N–H and O–H groups in total. The van der Waals surface area contributed by atoms with Crippen LogP contribution < -0.4 is 15.4 Å². The van der Waals surface area contributed by atoms with Crippen molar-refractivity contribution in [3.8, 4) is 5.75 Å². The summed E-state index contributed by atoms with van der Waals surface area (Å²) in [6, 6.07) is 11.9. The van der Waals surface area contributed by atoms with Crippen LogP contribution in [0.5, 0.6) is 5.75 Å². The minimum atomic E-state index is -0.307. The van der Waals surface area contributed by atoms with E-state index < -0.39 is 0 Å². The molecule has 5 nitrogen and oxygen atoms in total. The Kier molecular flexibility index (Phi) is 7.04. The van der Waals surface area contributed by atoms with Gasteiger partial charge in [-0.2, -0.15) is 0 Å². The first-order valence-electron chi connectivity index (χ1n) is 8.56. The predicted octanol–water partition coefficient (Wildman–Crippen LogP) is 5.12. The highest BCUT2D eigenvalue weighted by Gasteiger charge is 2.11. The van der Waals surface area contributed by atoms with E-state index in [2.05, 4.69) is 10.6 Å². The summed E-state index contributed by atoms with van der Waals surface area (Å²) in [5, 5.41) is 5.95. The van der Waals surface area contributed by atoms with Crippen LogP contribution in [0, 0.1) is 0 Å². The van der Waals surface area contributed by atoms with Crippen molar-refractivity contribution in [1.82, 2.24) is 0 Å². The molecule has 0 atom stereocenters. The third kappa shape index (κ3) is 5.77. The first-order valence-corrected chi connectivity index (χ1v) is 8.94. The van der Waals surface area contributed by atoms with Gasteiger partial charge in [-0.15, -0.1) is 0 Å². The number of hydrogen-bond acceptors (Lipinski definition) is 3. The summed E-state index contributed by atoms with van der Waals surface area (Å²) in [7, 11) is 0. The van der Waals surface area contributed by atoms with E-state index in [0.29, 0.717) is 34.1 Å². The maximum Gasteiger partial charge on any atom is 0.255 e. The highest BCUT2D eigenvalue weighted by Crippen LogP contribution is 2.26. The number of hydrogen-bond donors (Lipinski definition) is 2. The molecule has 0 bridgehead atoms. The Hall–Kier alpha value is -2.53. The van der Waals surface area contributed by atoms with Gasteiger partial charge in [-0.3, -0.25) is 9.59 Å². The minimum Gasteiger partial charge on any atom is -0.491 e. The molecule has 0 aliphatic heterocycles. The molecule has 0 radical (unpaired) electrons.